The Labute approximate surface area is 122 Å². The van der Waals surface area contributed by atoms with Crippen LogP contribution >= 0.6 is 15.9 Å². The lowest BCUT2D eigenvalue weighted by Crippen LogP contribution is -2.36. The molecule has 0 fully saturated rings. The van der Waals surface area contributed by atoms with Crippen LogP contribution in [0.2, 0.25) is 0 Å². The molecular formula is C14H21BrN2O2. The van der Waals surface area contributed by atoms with Crippen molar-refractivity contribution < 1.29 is 9.53 Å². The Kier molecular flexibility index (Phi) is 6.31. The Bertz CT molecular complexity index is 435. The van der Waals surface area contributed by atoms with Crippen LogP contribution in [0.25, 0.3) is 0 Å². The molecule has 1 unspecified atom stereocenters. The minimum absolute atomic E-state index is 0.113. The van der Waals surface area contributed by atoms with E-state index in [2.05, 4.69) is 21.2 Å². The number of amides is 1. The van der Waals surface area contributed by atoms with Crippen molar-refractivity contribution >= 4 is 21.8 Å². The zero-order valence-electron chi connectivity index (χ0n) is 11.6. The maximum atomic E-state index is 11.8. The second-order valence-corrected chi connectivity index (χ2v) is 5.44. The predicted octanol–water partition coefficient (Wildman–Crippen LogP) is 2.76. The molecule has 0 saturated carbocycles. The maximum absolute atomic E-state index is 11.8. The first-order valence-corrected chi connectivity index (χ1v) is 7.24. The average Bonchev–Trinajstić information content (AvgIpc) is 2.35. The maximum Gasteiger partial charge on any atom is 0.260 e. The standard InChI is InChI=1S/C14H21BrN2O2/c1-4-7-17-14(18)10(3)19-13-8-11(15)5-6-12(13)9(2)16/h5-6,8-10H,4,7,16H2,1-3H3,(H,17,18)/t9-,10?/m1/s1. The van der Waals surface area contributed by atoms with Crippen LogP contribution in [0.15, 0.2) is 22.7 Å². The van der Waals surface area contributed by atoms with E-state index in [1.54, 1.807) is 6.92 Å². The minimum atomic E-state index is -0.543. The summed E-state index contributed by atoms with van der Waals surface area (Å²) in [4.78, 5) is 11.8. The predicted molar refractivity (Wildman–Crippen MR) is 80.1 cm³/mol. The molecule has 0 aliphatic rings. The van der Waals surface area contributed by atoms with Gasteiger partial charge in [-0.1, -0.05) is 28.9 Å². The van der Waals surface area contributed by atoms with Crippen molar-refractivity contribution in [2.24, 2.45) is 5.73 Å². The SMILES string of the molecule is CCCNC(=O)C(C)Oc1cc(Br)ccc1[C@@H](C)N. The lowest BCUT2D eigenvalue weighted by atomic mass is 10.1. The average molecular weight is 329 g/mol. The summed E-state index contributed by atoms with van der Waals surface area (Å²) >= 11 is 3.39. The van der Waals surface area contributed by atoms with Crippen molar-refractivity contribution in [3.8, 4) is 5.75 Å². The summed E-state index contributed by atoms with van der Waals surface area (Å²) in [7, 11) is 0. The van der Waals surface area contributed by atoms with Gasteiger partial charge in [0.15, 0.2) is 6.10 Å². The quantitative estimate of drug-likeness (QED) is 0.843. The first-order chi connectivity index (χ1) is 8.95. The Balaban J connectivity index is 2.80. The molecule has 0 bridgehead atoms. The van der Waals surface area contributed by atoms with Crippen LogP contribution in [0.4, 0.5) is 0 Å². The summed E-state index contributed by atoms with van der Waals surface area (Å²) in [6.07, 6.45) is 0.360. The smallest absolute Gasteiger partial charge is 0.260 e. The van der Waals surface area contributed by atoms with E-state index in [1.165, 1.54) is 0 Å². The highest BCUT2D eigenvalue weighted by atomic mass is 79.9. The third kappa shape index (κ3) is 4.84. The van der Waals surface area contributed by atoms with E-state index in [0.717, 1.165) is 16.5 Å². The number of ether oxygens (including phenoxy) is 1. The highest BCUT2D eigenvalue weighted by Gasteiger charge is 2.17. The molecule has 0 aromatic heterocycles. The van der Waals surface area contributed by atoms with E-state index >= 15 is 0 Å². The molecule has 1 rings (SSSR count). The van der Waals surface area contributed by atoms with Gasteiger partial charge in [-0.3, -0.25) is 4.79 Å². The summed E-state index contributed by atoms with van der Waals surface area (Å²) < 4.78 is 6.62. The zero-order chi connectivity index (χ0) is 14.4. The van der Waals surface area contributed by atoms with E-state index in [4.69, 9.17) is 10.5 Å². The number of carbonyl (C=O) groups is 1. The summed E-state index contributed by atoms with van der Waals surface area (Å²) in [5.74, 6) is 0.529. The first-order valence-electron chi connectivity index (χ1n) is 6.45. The summed E-state index contributed by atoms with van der Waals surface area (Å²) in [6.45, 7) is 6.29. The molecule has 0 spiro atoms. The normalized spacial score (nSPS) is 13.7. The Morgan fingerprint density at radius 2 is 2.16 bits per heavy atom. The number of nitrogens with one attached hydrogen (secondary N) is 1. The van der Waals surface area contributed by atoms with E-state index in [0.29, 0.717) is 12.3 Å². The van der Waals surface area contributed by atoms with E-state index < -0.39 is 6.10 Å². The van der Waals surface area contributed by atoms with Crippen molar-refractivity contribution in [1.82, 2.24) is 5.32 Å². The number of carbonyl (C=O) groups excluding carboxylic acids is 1. The molecular weight excluding hydrogens is 308 g/mol. The monoisotopic (exact) mass is 328 g/mol. The van der Waals surface area contributed by atoms with Crippen LogP contribution in [-0.4, -0.2) is 18.6 Å². The molecule has 0 radical (unpaired) electrons. The van der Waals surface area contributed by atoms with Crippen molar-refractivity contribution in [1.29, 1.82) is 0 Å². The fourth-order valence-corrected chi connectivity index (χ4v) is 1.96. The molecule has 0 aliphatic heterocycles. The molecule has 0 saturated heterocycles. The largest absolute Gasteiger partial charge is 0.481 e. The van der Waals surface area contributed by atoms with Crippen molar-refractivity contribution in [3.05, 3.63) is 28.2 Å². The Hall–Kier alpha value is -1.07. The summed E-state index contributed by atoms with van der Waals surface area (Å²) in [6, 6.07) is 5.50. The third-order valence-electron chi connectivity index (χ3n) is 2.69. The highest BCUT2D eigenvalue weighted by Crippen LogP contribution is 2.28. The van der Waals surface area contributed by atoms with Crippen LogP contribution in [0, 0.1) is 0 Å². The van der Waals surface area contributed by atoms with Gasteiger partial charge in [0.1, 0.15) is 5.75 Å². The summed E-state index contributed by atoms with van der Waals surface area (Å²) in [5.41, 5.74) is 6.79. The molecule has 0 aliphatic carbocycles. The van der Waals surface area contributed by atoms with E-state index in [1.807, 2.05) is 32.0 Å². The van der Waals surface area contributed by atoms with Gasteiger partial charge >= 0.3 is 0 Å². The second kappa shape index (κ2) is 7.50. The lowest BCUT2D eigenvalue weighted by molar-refractivity contribution is -0.127. The van der Waals surface area contributed by atoms with Crippen LogP contribution in [0.3, 0.4) is 0 Å². The van der Waals surface area contributed by atoms with Crippen LogP contribution in [0.1, 0.15) is 38.8 Å². The van der Waals surface area contributed by atoms with Crippen LogP contribution in [-0.2, 0) is 4.79 Å². The van der Waals surface area contributed by atoms with Gasteiger partial charge in [-0.05, 0) is 32.4 Å². The molecule has 1 aromatic rings. The third-order valence-corrected chi connectivity index (χ3v) is 3.18. The van der Waals surface area contributed by atoms with Crippen LogP contribution in [0.5, 0.6) is 5.75 Å². The number of hydrogen-bond donors (Lipinski definition) is 2. The molecule has 19 heavy (non-hydrogen) atoms. The van der Waals surface area contributed by atoms with E-state index in [-0.39, 0.29) is 11.9 Å². The van der Waals surface area contributed by atoms with Crippen LogP contribution < -0.4 is 15.8 Å². The van der Waals surface area contributed by atoms with Gasteiger partial charge < -0.3 is 15.8 Å². The van der Waals surface area contributed by atoms with Gasteiger partial charge in [0.05, 0.1) is 0 Å². The van der Waals surface area contributed by atoms with Gasteiger partial charge in [0, 0.05) is 22.6 Å². The Morgan fingerprint density at radius 3 is 2.74 bits per heavy atom. The number of hydrogen-bond acceptors (Lipinski definition) is 3. The van der Waals surface area contributed by atoms with Crippen molar-refractivity contribution in [2.45, 2.75) is 39.3 Å². The van der Waals surface area contributed by atoms with Gasteiger partial charge in [-0.15, -0.1) is 0 Å². The number of halogens is 1. The molecule has 106 valence electrons. The fraction of sp³-hybridized carbons (Fsp3) is 0.500. The zero-order valence-corrected chi connectivity index (χ0v) is 13.2. The molecule has 2 atom stereocenters. The van der Waals surface area contributed by atoms with E-state index in [9.17, 15) is 4.79 Å². The van der Waals surface area contributed by atoms with Crippen molar-refractivity contribution in [3.63, 3.8) is 0 Å². The fourth-order valence-electron chi connectivity index (χ4n) is 1.62. The molecule has 0 heterocycles. The first kappa shape index (κ1) is 16.0. The Morgan fingerprint density at radius 1 is 1.47 bits per heavy atom. The molecule has 1 aromatic carbocycles. The molecule has 5 heteroatoms. The lowest BCUT2D eigenvalue weighted by Gasteiger charge is -2.19. The number of nitrogens with two attached hydrogens (primary N) is 1. The second-order valence-electron chi connectivity index (χ2n) is 4.52. The highest BCUT2D eigenvalue weighted by molar-refractivity contribution is 9.10. The van der Waals surface area contributed by atoms with Gasteiger partial charge in [0.2, 0.25) is 0 Å². The molecule has 4 nitrogen and oxygen atoms in total. The topological polar surface area (TPSA) is 64.3 Å². The summed E-state index contributed by atoms with van der Waals surface area (Å²) in [5, 5.41) is 2.81. The number of rotatable bonds is 6. The van der Waals surface area contributed by atoms with Gasteiger partial charge in [0.25, 0.3) is 5.91 Å². The number of benzene rings is 1. The van der Waals surface area contributed by atoms with Gasteiger partial charge in [-0.25, -0.2) is 0 Å². The molecule has 3 N–H and O–H groups in total. The van der Waals surface area contributed by atoms with Crippen molar-refractivity contribution in [2.75, 3.05) is 6.54 Å². The van der Waals surface area contributed by atoms with Gasteiger partial charge in [-0.2, -0.15) is 0 Å². The molecule has 1 amide bonds. The minimum Gasteiger partial charge on any atom is -0.481 e.